The third kappa shape index (κ3) is 3.37. The van der Waals surface area contributed by atoms with Crippen molar-refractivity contribution in [3.8, 4) is 0 Å². The lowest BCUT2D eigenvalue weighted by molar-refractivity contribution is 0.449. The molecule has 0 radical (unpaired) electrons. The van der Waals surface area contributed by atoms with E-state index in [0.717, 1.165) is 28.7 Å². The van der Waals surface area contributed by atoms with Crippen molar-refractivity contribution in [1.82, 2.24) is 15.0 Å². The minimum absolute atomic E-state index is 0.214. The van der Waals surface area contributed by atoms with Crippen molar-refractivity contribution in [3.05, 3.63) is 78.5 Å². The lowest BCUT2D eigenvalue weighted by atomic mass is 10.2. The lowest BCUT2D eigenvalue weighted by Crippen LogP contribution is -2.02. The number of hydrogen-bond acceptors (Lipinski definition) is 5. The number of fused-ring (bicyclic) bond motifs is 1. The van der Waals surface area contributed by atoms with E-state index in [-0.39, 0.29) is 11.5 Å². The number of pyridine rings is 1. The van der Waals surface area contributed by atoms with Gasteiger partial charge >= 0.3 is 0 Å². The third-order valence-corrected chi connectivity index (χ3v) is 3.86. The summed E-state index contributed by atoms with van der Waals surface area (Å²) in [5, 5.41) is 6.70. The maximum absolute atomic E-state index is 13.8. The molecule has 0 saturated heterocycles. The average molecular weight is 367 g/mol. The van der Waals surface area contributed by atoms with E-state index in [2.05, 4.69) is 25.6 Å². The maximum Gasteiger partial charge on any atom is 0.196 e. The van der Waals surface area contributed by atoms with Gasteiger partial charge in [0.15, 0.2) is 17.5 Å². The predicted octanol–water partition coefficient (Wildman–Crippen LogP) is 4.93. The molecule has 4 aromatic rings. The molecule has 0 fully saturated rings. The molecule has 134 valence electrons. The highest BCUT2D eigenvalue weighted by Gasteiger charge is 2.14. The van der Waals surface area contributed by atoms with E-state index in [4.69, 9.17) is 0 Å². The molecule has 2 N–H and O–H groups in total. The highest BCUT2D eigenvalue weighted by molar-refractivity contribution is 5.91. The molecule has 8 heteroatoms. The molecule has 0 saturated carbocycles. The van der Waals surface area contributed by atoms with Crippen LogP contribution in [0.25, 0.3) is 10.9 Å². The summed E-state index contributed by atoms with van der Waals surface area (Å²) in [5.74, 6) is -3.48. The fourth-order valence-electron chi connectivity index (χ4n) is 2.60. The number of benzene rings is 2. The normalized spacial score (nSPS) is 10.8. The van der Waals surface area contributed by atoms with Crippen LogP contribution >= 0.6 is 0 Å². The Morgan fingerprint density at radius 1 is 0.704 bits per heavy atom. The molecule has 0 aliphatic carbocycles. The molecule has 2 heterocycles. The van der Waals surface area contributed by atoms with E-state index >= 15 is 0 Å². The highest BCUT2D eigenvalue weighted by atomic mass is 19.2. The Bertz CT molecular complexity index is 1130. The fourth-order valence-corrected chi connectivity index (χ4v) is 2.60. The first kappa shape index (κ1) is 16.8. The quantitative estimate of drug-likeness (QED) is 0.501. The van der Waals surface area contributed by atoms with Crippen molar-refractivity contribution < 1.29 is 13.2 Å². The Morgan fingerprint density at radius 3 is 2.26 bits per heavy atom. The number of rotatable bonds is 4. The van der Waals surface area contributed by atoms with Gasteiger partial charge < -0.3 is 10.6 Å². The zero-order chi connectivity index (χ0) is 18.8. The Balaban J connectivity index is 1.62. The molecule has 0 spiro atoms. The Hall–Kier alpha value is -3.68. The van der Waals surface area contributed by atoms with Gasteiger partial charge in [0.25, 0.3) is 0 Å². The van der Waals surface area contributed by atoms with Gasteiger partial charge in [-0.25, -0.2) is 23.1 Å². The van der Waals surface area contributed by atoms with E-state index in [0.29, 0.717) is 5.82 Å². The molecular formula is C19H12F3N5. The van der Waals surface area contributed by atoms with E-state index in [1.165, 1.54) is 12.4 Å². The second-order valence-corrected chi connectivity index (χ2v) is 5.64. The minimum Gasteiger partial charge on any atom is -0.338 e. The largest absolute Gasteiger partial charge is 0.338 e. The number of hydrogen-bond donors (Lipinski definition) is 2. The number of nitrogens with one attached hydrogen (secondary N) is 2. The molecule has 0 amide bonds. The summed E-state index contributed by atoms with van der Waals surface area (Å²) in [7, 11) is 0. The molecular weight excluding hydrogens is 355 g/mol. The van der Waals surface area contributed by atoms with E-state index in [1.54, 1.807) is 6.20 Å². The van der Waals surface area contributed by atoms with Gasteiger partial charge in [0.2, 0.25) is 0 Å². The maximum atomic E-state index is 13.8. The zero-order valence-corrected chi connectivity index (χ0v) is 13.7. The molecule has 0 bridgehead atoms. The van der Waals surface area contributed by atoms with Gasteiger partial charge in [-0.1, -0.05) is 18.2 Å². The molecule has 27 heavy (non-hydrogen) atoms. The summed E-state index contributed by atoms with van der Waals surface area (Å²) >= 11 is 0. The van der Waals surface area contributed by atoms with E-state index in [9.17, 15) is 13.2 Å². The van der Waals surface area contributed by atoms with Crippen LogP contribution in [0.1, 0.15) is 0 Å². The van der Waals surface area contributed by atoms with Crippen molar-refractivity contribution in [2.75, 3.05) is 10.6 Å². The van der Waals surface area contributed by atoms with Crippen molar-refractivity contribution in [2.45, 2.75) is 0 Å². The van der Waals surface area contributed by atoms with Gasteiger partial charge in [0.05, 0.1) is 16.9 Å². The van der Waals surface area contributed by atoms with Crippen LogP contribution in [0.4, 0.5) is 36.2 Å². The number of nitrogens with zero attached hydrogens (tertiary/aromatic N) is 3. The Labute approximate surface area is 151 Å². The summed E-state index contributed by atoms with van der Waals surface area (Å²) in [6.07, 6.45) is 2.95. The third-order valence-electron chi connectivity index (χ3n) is 3.86. The van der Waals surface area contributed by atoms with Crippen molar-refractivity contribution in [2.24, 2.45) is 0 Å². The van der Waals surface area contributed by atoms with Crippen LogP contribution in [0, 0.1) is 17.5 Å². The van der Waals surface area contributed by atoms with Gasteiger partial charge in [-0.05, 0) is 24.3 Å². The fraction of sp³-hybridized carbons (Fsp3) is 0. The number of halogens is 3. The SMILES string of the molecule is Fc1ccc(Nc2cc(Nc3cccc4cccnc34)ncn2)c(F)c1F. The molecule has 0 unspecified atom stereocenters. The van der Waals surface area contributed by atoms with E-state index < -0.39 is 17.5 Å². The first-order valence-electron chi connectivity index (χ1n) is 7.95. The minimum atomic E-state index is -1.55. The van der Waals surface area contributed by atoms with Crippen LogP contribution < -0.4 is 10.6 Å². The summed E-state index contributed by atoms with van der Waals surface area (Å²) in [6.45, 7) is 0. The molecule has 0 aliphatic rings. The number of para-hydroxylation sites is 1. The average Bonchev–Trinajstić information content (AvgIpc) is 2.69. The van der Waals surface area contributed by atoms with Crippen LogP contribution in [0.2, 0.25) is 0 Å². The van der Waals surface area contributed by atoms with Gasteiger partial charge in [-0.2, -0.15) is 0 Å². The van der Waals surface area contributed by atoms with Gasteiger partial charge in [-0.15, -0.1) is 0 Å². The summed E-state index contributed by atoms with van der Waals surface area (Å²) in [5.41, 5.74) is 1.27. The first-order valence-corrected chi connectivity index (χ1v) is 7.95. The highest BCUT2D eigenvalue weighted by Crippen LogP contribution is 2.26. The van der Waals surface area contributed by atoms with Crippen molar-refractivity contribution in [3.63, 3.8) is 0 Å². The van der Waals surface area contributed by atoms with Crippen molar-refractivity contribution >= 4 is 33.9 Å². The van der Waals surface area contributed by atoms with E-state index in [1.807, 2.05) is 30.3 Å². The molecule has 0 atom stereocenters. The Kier molecular flexibility index (Phi) is 4.29. The Morgan fingerprint density at radius 2 is 1.44 bits per heavy atom. The molecule has 2 aromatic heterocycles. The predicted molar refractivity (Wildman–Crippen MR) is 96.7 cm³/mol. The second kappa shape index (κ2) is 6.91. The monoisotopic (exact) mass is 367 g/mol. The van der Waals surface area contributed by atoms with Gasteiger partial charge in [-0.3, -0.25) is 4.98 Å². The molecule has 2 aromatic carbocycles. The molecule has 5 nitrogen and oxygen atoms in total. The van der Waals surface area contributed by atoms with Crippen LogP contribution in [-0.2, 0) is 0 Å². The standard InChI is InChI=1S/C19H12F3N5/c20-12-6-7-13(18(22)17(12)21)26-15-9-16(25-10-24-15)27-14-5-1-3-11-4-2-8-23-19(11)14/h1-10H,(H2,24,25,26,27). The topological polar surface area (TPSA) is 62.7 Å². The van der Waals surface area contributed by atoms with Gasteiger partial charge in [0.1, 0.15) is 18.0 Å². The van der Waals surface area contributed by atoms with Crippen LogP contribution in [0.15, 0.2) is 61.1 Å². The van der Waals surface area contributed by atoms with Gasteiger partial charge in [0, 0.05) is 17.6 Å². The van der Waals surface area contributed by atoms with Crippen LogP contribution in [0.3, 0.4) is 0 Å². The van der Waals surface area contributed by atoms with Crippen LogP contribution in [0.5, 0.6) is 0 Å². The smallest absolute Gasteiger partial charge is 0.196 e. The summed E-state index contributed by atoms with van der Waals surface area (Å²) in [6, 6.07) is 12.9. The second-order valence-electron chi connectivity index (χ2n) is 5.64. The van der Waals surface area contributed by atoms with Crippen LogP contribution in [-0.4, -0.2) is 15.0 Å². The lowest BCUT2D eigenvalue weighted by Gasteiger charge is -2.11. The summed E-state index contributed by atoms with van der Waals surface area (Å²) in [4.78, 5) is 12.4. The molecule has 4 rings (SSSR count). The molecule has 0 aliphatic heterocycles. The number of aromatic nitrogens is 3. The summed E-state index contributed by atoms with van der Waals surface area (Å²) < 4.78 is 40.2. The number of anilines is 4. The van der Waals surface area contributed by atoms with Crippen molar-refractivity contribution in [1.29, 1.82) is 0 Å². The first-order chi connectivity index (χ1) is 13.1. The zero-order valence-electron chi connectivity index (χ0n) is 13.7.